The van der Waals surface area contributed by atoms with Gasteiger partial charge in [0.1, 0.15) is 11.6 Å². The van der Waals surface area contributed by atoms with Gasteiger partial charge in [0.05, 0.1) is 22.1 Å². The van der Waals surface area contributed by atoms with Gasteiger partial charge in [0.2, 0.25) is 0 Å². The minimum absolute atomic E-state index is 0.630. The zero-order valence-electron chi connectivity index (χ0n) is 16.5. The number of nitrogens with zero attached hydrogens (tertiary/aromatic N) is 2. The summed E-state index contributed by atoms with van der Waals surface area (Å²) in [5, 5.41) is 7.10. The van der Waals surface area contributed by atoms with Gasteiger partial charge in [-0.3, -0.25) is 0 Å². The largest absolute Gasteiger partial charge is 0.367 e. The molecule has 4 N–H and O–H groups in total. The molecule has 6 rings (SSSR count). The number of nitrogens with one attached hydrogen (secondary N) is 4. The van der Waals surface area contributed by atoms with Crippen molar-refractivity contribution in [3.63, 3.8) is 0 Å². The number of hydrogen-bond acceptors (Lipinski definition) is 5. The molecule has 2 aliphatic heterocycles. The van der Waals surface area contributed by atoms with Crippen LogP contribution in [0.5, 0.6) is 0 Å². The van der Waals surface area contributed by atoms with E-state index in [0.29, 0.717) is 0 Å². The van der Waals surface area contributed by atoms with Crippen LogP contribution in [0.1, 0.15) is 11.6 Å². The second kappa shape index (κ2) is 6.92. The van der Waals surface area contributed by atoms with E-state index in [-0.39, 0.29) is 0 Å². The lowest BCUT2D eigenvalue weighted by molar-refractivity contribution is 0.590. The maximum absolute atomic E-state index is 4.92. The number of benzene rings is 2. The Morgan fingerprint density at radius 2 is 1.10 bits per heavy atom. The van der Waals surface area contributed by atoms with Crippen LogP contribution in [0.25, 0.3) is 22.1 Å². The molecular formula is C24H20N6S. The Bertz CT molecular complexity index is 1220. The summed E-state index contributed by atoms with van der Waals surface area (Å²) in [6.45, 7) is 0. The summed E-state index contributed by atoms with van der Waals surface area (Å²) >= 11 is 1.69. The van der Waals surface area contributed by atoms with Crippen molar-refractivity contribution in [1.82, 2.24) is 30.6 Å². The minimum Gasteiger partial charge on any atom is -0.367 e. The summed E-state index contributed by atoms with van der Waals surface area (Å²) in [5.74, 6) is 1.67. The van der Waals surface area contributed by atoms with Gasteiger partial charge >= 0.3 is 0 Å². The molecule has 0 radical (unpaired) electrons. The van der Waals surface area contributed by atoms with Crippen LogP contribution >= 0.6 is 11.8 Å². The zero-order chi connectivity index (χ0) is 20.7. The van der Waals surface area contributed by atoms with Crippen molar-refractivity contribution < 1.29 is 0 Å². The third kappa shape index (κ3) is 2.97. The Balaban J connectivity index is 1.50. The van der Waals surface area contributed by atoms with E-state index >= 15 is 0 Å². The van der Waals surface area contributed by atoms with E-state index in [9.17, 15) is 0 Å². The third-order valence-electron chi connectivity index (χ3n) is 5.48. The summed E-state index contributed by atoms with van der Waals surface area (Å²) < 4.78 is 0. The summed E-state index contributed by atoms with van der Waals surface area (Å²) in [7, 11) is 0. The Hall–Kier alpha value is -3.71. The van der Waals surface area contributed by atoms with Gasteiger partial charge in [-0.05, 0) is 61.0 Å². The molecule has 0 amide bonds. The van der Waals surface area contributed by atoms with Gasteiger partial charge in [0.25, 0.3) is 0 Å². The standard InChI is InChI=1S/C24H20N6S/c1-2-10-18-17(9-1)27-21(28-18)23(13-5-7-15-25-23)31-24(14-6-8-16-26-24)22-29-19-11-3-4-12-20(19)30-22/h1-16,25-26H,(H,27,28)(H,29,30). The summed E-state index contributed by atoms with van der Waals surface area (Å²) in [6.07, 6.45) is 16.2. The van der Waals surface area contributed by atoms with E-state index in [2.05, 4.69) is 32.8 Å². The van der Waals surface area contributed by atoms with Crippen LogP contribution in [-0.4, -0.2) is 19.9 Å². The van der Waals surface area contributed by atoms with Crippen LogP contribution in [-0.2, 0) is 9.74 Å². The van der Waals surface area contributed by atoms with Crippen molar-refractivity contribution in [3.05, 3.63) is 109 Å². The number of rotatable bonds is 4. The molecule has 31 heavy (non-hydrogen) atoms. The third-order valence-corrected chi connectivity index (χ3v) is 7.01. The fourth-order valence-corrected chi connectivity index (χ4v) is 5.40. The molecule has 0 saturated carbocycles. The van der Waals surface area contributed by atoms with Crippen molar-refractivity contribution in [3.8, 4) is 0 Å². The smallest absolute Gasteiger partial charge is 0.164 e. The number of para-hydroxylation sites is 4. The van der Waals surface area contributed by atoms with Crippen LogP contribution in [0.3, 0.4) is 0 Å². The summed E-state index contributed by atoms with van der Waals surface area (Å²) in [6, 6.07) is 16.2. The van der Waals surface area contributed by atoms with E-state index in [4.69, 9.17) is 9.97 Å². The van der Waals surface area contributed by atoms with Crippen LogP contribution < -0.4 is 10.6 Å². The lowest BCUT2D eigenvalue weighted by atomic mass is 10.2. The molecule has 2 unspecified atom stereocenters. The van der Waals surface area contributed by atoms with Crippen LogP contribution in [0, 0.1) is 0 Å². The van der Waals surface area contributed by atoms with Crippen molar-refractivity contribution >= 4 is 33.8 Å². The number of allylic oxidation sites excluding steroid dienone is 4. The second-order valence-electron chi connectivity index (χ2n) is 7.50. The summed E-state index contributed by atoms with van der Waals surface area (Å²) in [4.78, 5) is 15.6. The highest BCUT2D eigenvalue weighted by atomic mass is 32.2. The first-order valence-corrected chi connectivity index (χ1v) is 10.9. The predicted octanol–water partition coefficient (Wildman–Crippen LogP) is 4.52. The highest BCUT2D eigenvalue weighted by Crippen LogP contribution is 2.48. The molecule has 0 aliphatic carbocycles. The minimum atomic E-state index is -0.630. The highest BCUT2D eigenvalue weighted by molar-refractivity contribution is 8.01. The molecular weight excluding hydrogens is 404 g/mol. The molecule has 7 heteroatoms. The fraction of sp³-hybridized carbons (Fsp3) is 0.0833. The van der Waals surface area contributed by atoms with Crippen molar-refractivity contribution in [2.75, 3.05) is 0 Å². The monoisotopic (exact) mass is 424 g/mol. The lowest BCUT2D eigenvalue weighted by Crippen LogP contribution is -2.46. The quantitative estimate of drug-likeness (QED) is 0.387. The Labute approximate surface area is 183 Å². The lowest BCUT2D eigenvalue weighted by Gasteiger charge is -2.40. The number of aromatic nitrogens is 4. The first-order valence-electron chi connectivity index (χ1n) is 10.1. The van der Waals surface area contributed by atoms with Crippen molar-refractivity contribution in [1.29, 1.82) is 0 Å². The molecule has 152 valence electrons. The summed E-state index contributed by atoms with van der Waals surface area (Å²) in [5.41, 5.74) is 3.89. The maximum atomic E-state index is 4.92. The maximum Gasteiger partial charge on any atom is 0.164 e. The number of thioether (sulfide) groups is 1. The first-order chi connectivity index (χ1) is 15.3. The Morgan fingerprint density at radius 3 is 1.52 bits per heavy atom. The van der Waals surface area contributed by atoms with E-state index in [1.807, 2.05) is 85.2 Å². The molecule has 2 aromatic carbocycles. The van der Waals surface area contributed by atoms with E-state index in [0.717, 1.165) is 33.7 Å². The molecule has 0 saturated heterocycles. The number of hydrogen-bond donors (Lipinski definition) is 4. The van der Waals surface area contributed by atoms with Gasteiger partial charge in [0, 0.05) is 0 Å². The van der Waals surface area contributed by atoms with Gasteiger partial charge in [-0.2, -0.15) is 0 Å². The fourth-order valence-electron chi connectivity index (χ4n) is 3.96. The average molecular weight is 425 g/mol. The van der Waals surface area contributed by atoms with E-state index in [1.54, 1.807) is 11.8 Å². The SMILES string of the molecule is C1=CNC(SC2(c3nc4ccccc4[nH]3)C=CC=CN2)(c2nc3ccccc3[nH]2)C=C1. The van der Waals surface area contributed by atoms with Crippen molar-refractivity contribution in [2.45, 2.75) is 9.74 Å². The Kier molecular flexibility index (Phi) is 4.04. The zero-order valence-corrected chi connectivity index (χ0v) is 17.4. The highest BCUT2D eigenvalue weighted by Gasteiger charge is 2.45. The Morgan fingerprint density at radius 1 is 0.613 bits per heavy atom. The molecule has 2 aromatic heterocycles. The van der Waals surface area contributed by atoms with Gasteiger partial charge in [-0.25, -0.2) is 9.97 Å². The van der Waals surface area contributed by atoms with Crippen molar-refractivity contribution in [2.24, 2.45) is 0 Å². The van der Waals surface area contributed by atoms with E-state index in [1.165, 1.54) is 0 Å². The number of imidazole rings is 2. The number of fused-ring (bicyclic) bond motifs is 2. The van der Waals surface area contributed by atoms with Crippen LogP contribution in [0.4, 0.5) is 0 Å². The molecule has 4 heterocycles. The normalized spacial score (nSPS) is 24.5. The first kappa shape index (κ1) is 18.1. The van der Waals surface area contributed by atoms with Gasteiger partial charge < -0.3 is 20.6 Å². The number of dihydropyridines is 2. The molecule has 2 atom stereocenters. The number of H-pyrrole nitrogens is 2. The topological polar surface area (TPSA) is 81.4 Å². The second-order valence-corrected chi connectivity index (χ2v) is 9.00. The van der Waals surface area contributed by atoms with Gasteiger partial charge in [0.15, 0.2) is 9.74 Å². The molecule has 6 nitrogen and oxygen atoms in total. The molecule has 0 bridgehead atoms. The predicted molar refractivity (Wildman–Crippen MR) is 126 cm³/mol. The van der Waals surface area contributed by atoms with Gasteiger partial charge in [-0.15, -0.1) is 0 Å². The van der Waals surface area contributed by atoms with Gasteiger partial charge in [-0.1, -0.05) is 48.2 Å². The van der Waals surface area contributed by atoms with Crippen LogP contribution in [0.2, 0.25) is 0 Å². The molecule has 4 aromatic rings. The van der Waals surface area contributed by atoms with E-state index < -0.39 is 9.74 Å². The number of aromatic amines is 2. The molecule has 0 spiro atoms. The molecule has 0 fully saturated rings. The van der Waals surface area contributed by atoms with Crippen LogP contribution in [0.15, 0.2) is 97.4 Å². The average Bonchev–Trinajstić information content (AvgIpc) is 3.45. The molecule has 2 aliphatic rings.